The molecule has 0 radical (unpaired) electrons. The molecule has 18 heavy (non-hydrogen) atoms. The molecule has 0 amide bonds. The van der Waals surface area contributed by atoms with Crippen molar-refractivity contribution in [3.8, 4) is 0 Å². The second-order valence-electron chi connectivity index (χ2n) is 5.40. The largest absolute Gasteiger partial charge is 0.378 e. The first kappa shape index (κ1) is 12.2. The molecule has 3 N–H and O–H groups in total. The Labute approximate surface area is 109 Å². The molecule has 1 aliphatic heterocycles. The number of aryl methyl sites for hydroxylation is 2. The maximum atomic E-state index is 6.36. The van der Waals surface area contributed by atoms with E-state index in [1.54, 1.807) is 0 Å². The molecule has 0 saturated carbocycles. The predicted molar refractivity (Wildman–Crippen MR) is 72.6 cm³/mol. The van der Waals surface area contributed by atoms with Crippen molar-refractivity contribution >= 4 is 0 Å². The van der Waals surface area contributed by atoms with Crippen molar-refractivity contribution in [2.45, 2.75) is 37.8 Å². The van der Waals surface area contributed by atoms with Crippen LogP contribution in [0, 0.1) is 0 Å². The van der Waals surface area contributed by atoms with E-state index in [1.807, 2.05) is 0 Å². The van der Waals surface area contributed by atoms with Gasteiger partial charge in [-0.05, 0) is 42.4 Å². The van der Waals surface area contributed by atoms with Gasteiger partial charge < -0.3 is 15.8 Å². The Morgan fingerprint density at radius 1 is 1.22 bits per heavy atom. The molecular formula is C15H22N2O. The highest BCUT2D eigenvalue weighted by molar-refractivity contribution is 5.35. The predicted octanol–water partition coefficient (Wildman–Crippen LogP) is 1.55. The lowest BCUT2D eigenvalue weighted by atomic mass is 9.88. The van der Waals surface area contributed by atoms with Gasteiger partial charge in [-0.3, -0.25) is 0 Å². The van der Waals surface area contributed by atoms with Gasteiger partial charge in [0.15, 0.2) is 0 Å². The van der Waals surface area contributed by atoms with Gasteiger partial charge in [0, 0.05) is 18.6 Å². The molecule has 3 heteroatoms. The molecule has 1 aromatic carbocycles. The fourth-order valence-electron chi connectivity index (χ4n) is 3.01. The Morgan fingerprint density at radius 3 is 2.83 bits per heavy atom. The maximum absolute atomic E-state index is 6.36. The zero-order valence-electron chi connectivity index (χ0n) is 10.8. The number of hydrogen-bond acceptors (Lipinski definition) is 3. The third-order valence-electron chi connectivity index (χ3n) is 4.14. The summed E-state index contributed by atoms with van der Waals surface area (Å²) in [5.41, 5.74) is 10.6. The first-order valence-corrected chi connectivity index (χ1v) is 7.03. The van der Waals surface area contributed by atoms with E-state index in [0.717, 1.165) is 19.8 Å². The van der Waals surface area contributed by atoms with Crippen molar-refractivity contribution in [1.29, 1.82) is 0 Å². The lowest BCUT2D eigenvalue weighted by molar-refractivity contribution is 0.0685. The van der Waals surface area contributed by atoms with Gasteiger partial charge in [0.05, 0.1) is 13.2 Å². The van der Waals surface area contributed by atoms with Crippen LogP contribution in [0.1, 0.15) is 35.6 Å². The van der Waals surface area contributed by atoms with E-state index in [9.17, 15) is 0 Å². The number of nitrogens with two attached hydrogens (primary N) is 1. The van der Waals surface area contributed by atoms with Crippen molar-refractivity contribution < 1.29 is 4.74 Å². The highest BCUT2D eigenvalue weighted by Gasteiger charge is 2.22. The minimum absolute atomic E-state index is 0.0394. The Hall–Kier alpha value is -0.900. The van der Waals surface area contributed by atoms with Gasteiger partial charge in [-0.25, -0.2) is 0 Å². The third kappa shape index (κ3) is 2.44. The van der Waals surface area contributed by atoms with Crippen molar-refractivity contribution in [3.63, 3.8) is 0 Å². The topological polar surface area (TPSA) is 47.3 Å². The summed E-state index contributed by atoms with van der Waals surface area (Å²) in [6.45, 7) is 2.43. The Morgan fingerprint density at radius 2 is 2.06 bits per heavy atom. The molecule has 1 heterocycles. The lowest BCUT2D eigenvalue weighted by Gasteiger charge is -2.30. The van der Waals surface area contributed by atoms with Crippen molar-refractivity contribution in [2.24, 2.45) is 5.73 Å². The minimum Gasteiger partial charge on any atom is -0.378 e. The summed E-state index contributed by atoms with van der Waals surface area (Å²) in [6, 6.07) is 7.08. The van der Waals surface area contributed by atoms with Crippen molar-refractivity contribution in [1.82, 2.24) is 5.32 Å². The number of rotatable bonds is 2. The molecule has 2 aliphatic rings. The van der Waals surface area contributed by atoms with Crippen LogP contribution in [0.15, 0.2) is 18.2 Å². The van der Waals surface area contributed by atoms with Gasteiger partial charge in [-0.2, -0.15) is 0 Å². The van der Waals surface area contributed by atoms with E-state index in [-0.39, 0.29) is 12.1 Å². The van der Waals surface area contributed by atoms with Crippen LogP contribution in [0.5, 0.6) is 0 Å². The summed E-state index contributed by atoms with van der Waals surface area (Å²) in [4.78, 5) is 0. The Kier molecular flexibility index (Phi) is 3.64. The Bertz CT molecular complexity index is 413. The average molecular weight is 246 g/mol. The van der Waals surface area contributed by atoms with E-state index in [1.165, 1.54) is 42.4 Å². The molecule has 98 valence electrons. The van der Waals surface area contributed by atoms with Crippen LogP contribution < -0.4 is 11.1 Å². The summed E-state index contributed by atoms with van der Waals surface area (Å²) >= 11 is 0. The van der Waals surface area contributed by atoms with Crippen LogP contribution in [0.25, 0.3) is 0 Å². The second kappa shape index (κ2) is 5.39. The highest BCUT2D eigenvalue weighted by Crippen LogP contribution is 2.25. The third-order valence-corrected chi connectivity index (χ3v) is 4.14. The quantitative estimate of drug-likeness (QED) is 0.832. The van der Waals surface area contributed by atoms with E-state index in [2.05, 4.69) is 23.5 Å². The summed E-state index contributed by atoms with van der Waals surface area (Å²) in [7, 11) is 0. The maximum Gasteiger partial charge on any atom is 0.0638 e. The molecule has 3 rings (SSSR count). The first-order valence-electron chi connectivity index (χ1n) is 7.03. The lowest BCUT2D eigenvalue weighted by Crippen LogP contribution is -2.47. The zero-order valence-corrected chi connectivity index (χ0v) is 10.8. The zero-order chi connectivity index (χ0) is 12.4. The Balaban J connectivity index is 1.78. The van der Waals surface area contributed by atoms with Crippen LogP contribution in [0.2, 0.25) is 0 Å². The summed E-state index contributed by atoms with van der Waals surface area (Å²) < 4.78 is 5.49. The summed E-state index contributed by atoms with van der Waals surface area (Å²) in [5, 5.41) is 3.45. The van der Waals surface area contributed by atoms with E-state index < -0.39 is 0 Å². The number of fused-ring (bicyclic) bond motifs is 1. The number of hydrogen-bond donors (Lipinski definition) is 2. The molecule has 1 fully saturated rings. The van der Waals surface area contributed by atoms with Crippen LogP contribution in [0.4, 0.5) is 0 Å². The molecule has 2 atom stereocenters. The molecule has 1 aliphatic carbocycles. The normalized spacial score (nSPS) is 25.5. The summed E-state index contributed by atoms with van der Waals surface area (Å²) in [6.07, 6.45) is 5.09. The highest BCUT2D eigenvalue weighted by atomic mass is 16.5. The molecule has 1 saturated heterocycles. The molecule has 3 nitrogen and oxygen atoms in total. The van der Waals surface area contributed by atoms with Crippen LogP contribution in [-0.2, 0) is 17.6 Å². The van der Waals surface area contributed by atoms with Crippen molar-refractivity contribution in [3.05, 3.63) is 34.9 Å². The molecular weight excluding hydrogens is 224 g/mol. The van der Waals surface area contributed by atoms with E-state index >= 15 is 0 Å². The molecule has 1 aromatic rings. The van der Waals surface area contributed by atoms with Gasteiger partial charge in [0.1, 0.15) is 0 Å². The second-order valence-corrected chi connectivity index (χ2v) is 5.40. The monoisotopic (exact) mass is 246 g/mol. The molecule has 2 unspecified atom stereocenters. The number of ether oxygens (including phenoxy) is 1. The van der Waals surface area contributed by atoms with E-state index in [0.29, 0.717) is 0 Å². The van der Waals surface area contributed by atoms with Crippen molar-refractivity contribution in [2.75, 3.05) is 19.8 Å². The number of morpholine rings is 1. The van der Waals surface area contributed by atoms with Crippen LogP contribution in [0.3, 0.4) is 0 Å². The SMILES string of the molecule is NC(c1ccc2c(c1)CCCC2)C1COCCN1. The van der Waals surface area contributed by atoms with Gasteiger partial charge in [-0.1, -0.05) is 18.2 Å². The number of nitrogens with one attached hydrogen (secondary N) is 1. The minimum atomic E-state index is 0.0394. The van der Waals surface area contributed by atoms with E-state index in [4.69, 9.17) is 10.5 Å². The number of benzene rings is 1. The molecule has 0 bridgehead atoms. The summed E-state index contributed by atoms with van der Waals surface area (Å²) in [5.74, 6) is 0. The standard InChI is InChI=1S/C15H22N2O/c16-15(14-10-18-8-7-17-14)13-6-5-11-3-1-2-4-12(11)9-13/h5-6,9,14-15,17H,1-4,7-8,10,16H2. The smallest absolute Gasteiger partial charge is 0.0638 e. The average Bonchev–Trinajstić information content (AvgIpc) is 2.47. The first-order chi connectivity index (χ1) is 8.84. The fourth-order valence-corrected chi connectivity index (χ4v) is 3.01. The van der Waals surface area contributed by atoms with Gasteiger partial charge in [0.25, 0.3) is 0 Å². The fraction of sp³-hybridized carbons (Fsp3) is 0.600. The molecule has 0 spiro atoms. The molecule has 0 aromatic heterocycles. The van der Waals surface area contributed by atoms with Crippen LogP contribution >= 0.6 is 0 Å². The van der Waals surface area contributed by atoms with Gasteiger partial charge in [-0.15, -0.1) is 0 Å². The van der Waals surface area contributed by atoms with Crippen LogP contribution in [-0.4, -0.2) is 25.8 Å². The van der Waals surface area contributed by atoms with Gasteiger partial charge >= 0.3 is 0 Å². The van der Waals surface area contributed by atoms with Gasteiger partial charge in [0.2, 0.25) is 0 Å².